The molecular weight excluding hydrogens is 234 g/mol. The fourth-order valence-corrected chi connectivity index (χ4v) is 2.02. The fourth-order valence-electron chi connectivity index (χ4n) is 2.02. The Balaban J connectivity index is 2.45. The third-order valence-electron chi connectivity index (χ3n) is 3.08. The van der Waals surface area contributed by atoms with Gasteiger partial charge in [-0.2, -0.15) is 0 Å². The van der Waals surface area contributed by atoms with Crippen molar-refractivity contribution in [2.45, 2.75) is 19.4 Å². The molecule has 1 aliphatic heterocycles. The summed E-state index contributed by atoms with van der Waals surface area (Å²) in [5, 5.41) is 3.20. The number of hydrogen-bond acceptors (Lipinski definition) is 5. The van der Waals surface area contributed by atoms with Gasteiger partial charge in [0.1, 0.15) is 0 Å². The van der Waals surface area contributed by atoms with Crippen molar-refractivity contribution >= 4 is 0 Å². The third-order valence-corrected chi connectivity index (χ3v) is 3.08. The smallest absolute Gasteiger partial charge is 0.231 e. The Morgan fingerprint density at radius 3 is 2.61 bits per heavy atom. The third kappa shape index (κ3) is 2.18. The van der Waals surface area contributed by atoms with Crippen LogP contribution in [0.25, 0.3) is 0 Å². The van der Waals surface area contributed by atoms with Gasteiger partial charge in [0.15, 0.2) is 11.5 Å². The largest absolute Gasteiger partial charge is 0.493 e. The molecule has 0 aromatic heterocycles. The van der Waals surface area contributed by atoms with E-state index in [0.29, 0.717) is 23.3 Å². The number of hydrogen-bond donors (Lipinski definition) is 1. The number of nitrogens with one attached hydrogen (secondary N) is 1. The molecule has 0 radical (unpaired) electrons. The van der Waals surface area contributed by atoms with Crippen molar-refractivity contribution in [3.63, 3.8) is 0 Å². The number of rotatable bonds is 5. The number of methoxy groups -OCH3 is 2. The van der Waals surface area contributed by atoms with E-state index >= 15 is 0 Å². The highest BCUT2D eigenvalue weighted by Crippen LogP contribution is 2.49. The standard InChI is InChI=1S/C13H19NO4/c1-8(14-2)5-9-6-10(15-3)12-13(11(9)16-4)18-7-17-12/h6,8,14H,5,7H2,1-4H3. The lowest BCUT2D eigenvalue weighted by atomic mass is 10.0. The van der Waals surface area contributed by atoms with E-state index in [1.54, 1.807) is 14.2 Å². The zero-order valence-electron chi connectivity index (χ0n) is 11.2. The Morgan fingerprint density at radius 2 is 2.00 bits per heavy atom. The first kappa shape index (κ1) is 12.8. The normalized spacial score (nSPS) is 14.4. The van der Waals surface area contributed by atoms with Crippen LogP contribution in [0.5, 0.6) is 23.0 Å². The average molecular weight is 253 g/mol. The van der Waals surface area contributed by atoms with E-state index in [9.17, 15) is 0 Å². The van der Waals surface area contributed by atoms with Gasteiger partial charge in [-0.15, -0.1) is 0 Å². The number of ether oxygens (including phenoxy) is 4. The molecule has 1 N–H and O–H groups in total. The van der Waals surface area contributed by atoms with Crippen molar-refractivity contribution in [2.24, 2.45) is 0 Å². The summed E-state index contributed by atoms with van der Waals surface area (Å²) in [5.74, 6) is 2.66. The lowest BCUT2D eigenvalue weighted by Gasteiger charge is -2.16. The summed E-state index contributed by atoms with van der Waals surface area (Å²) in [6, 6.07) is 2.28. The quantitative estimate of drug-likeness (QED) is 0.863. The monoisotopic (exact) mass is 253 g/mol. The van der Waals surface area contributed by atoms with Crippen LogP contribution in [0.15, 0.2) is 6.07 Å². The first-order chi connectivity index (χ1) is 8.71. The minimum Gasteiger partial charge on any atom is -0.493 e. The summed E-state index contributed by atoms with van der Waals surface area (Å²) in [6.07, 6.45) is 0.826. The molecule has 0 fully saturated rings. The van der Waals surface area contributed by atoms with Gasteiger partial charge in [0, 0.05) is 11.6 Å². The maximum atomic E-state index is 5.47. The predicted octanol–water partition coefficient (Wildman–Crippen LogP) is 1.58. The van der Waals surface area contributed by atoms with Crippen molar-refractivity contribution in [3.05, 3.63) is 11.6 Å². The van der Waals surface area contributed by atoms with Crippen LogP contribution in [-0.2, 0) is 6.42 Å². The van der Waals surface area contributed by atoms with Crippen LogP contribution in [-0.4, -0.2) is 34.1 Å². The van der Waals surface area contributed by atoms with Gasteiger partial charge in [0.05, 0.1) is 14.2 Å². The van der Waals surface area contributed by atoms with Gasteiger partial charge in [0.25, 0.3) is 0 Å². The van der Waals surface area contributed by atoms with Crippen molar-refractivity contribution in [3.8, 4) is 23.0 Å². The summed E-state index contributed by atoms with van der Waals surface area (Å²) >= 11 is 0. The van der Waals surface area contributed by atoms with Gasteiger partial charge in [-0.1, -0.05) is 0 Å². The second kappa shape index (κ2) is 5.35. The first-order valence-corrected chi connectivity index (χ1v) is 5.92. The van der Waals surface area contributed by atoms with Crippen LogP contribution in [0, 0.1) is 0 Å². The Labute approximate surface area is 107 Å². The summed E-state index contributed by atoms with van der Waals surface area (Å²) in [7, 11) is 5.19. The van der Waals surface area contributed by atoms with E-state index in [1.165, 1.54) is 0 Å². The van der Waals surface area contributed by atoms with Crippen LogP contribution in [0.3, 0.4) is 0 Å². The summed E-state index contributed by atoms with van der Waals surface area (Å²) in [4.78, 5) is 0. The van der Waals surface area contributed by atoms with E-state index in [2.05, 4.69) is 12.2 Å². The second-order valence-electron chi connectivity index (χ2n) is 4.23. The molecule has 1 aromatic rings. The van der Waals surface area contributed by atoms with Crippen LogP contribution in [0.1, 0.15) is 12.5 Å². The first-order valence-electron chi connectivity index (χ1n) is 5.92. The van der Waals surface area contributed by atoms with Gasteiger partial charge in [-0.05, 0) is 26.5 Å². The van der Waals surface area contributed by atoms with E-state index in [1.807, 2.05) is 13.1 Å². The molecule has 1 unspecified atom stereocenters. The molecule has 1 aliphatic rings. The van der Waals surface area contributed by atoms with Gasteiger partial charge in [0.2, 0.25) is 18.3 Å². The maximum Gasteiger partial charge on any atom is 0.231 e. The summed E-state index contributed by atoms with van der Waals surface area (Å²) in [5.41, 5.74) is 1.04. The van der Waals surface area contributed by atoms with Gasteiger partial charge in [-0.25, -0.2) is 0 Å². The summed E-state index contributed by atoms with van der Waals surface area (Å²) < 4.78 is 21.7. The molecule has 5 nitrogen and oxygen atoms in total. The molecule has 0 saturated carbocycles. The number of likely N-dealkylation sites (N-methyl/N-ethyl adjacent to an activating group) is 1. The highest BCUT2D eigenvalue weighted by Gasteiger charge is 2.27. The van der Waals surface area contributed by atoms with Crippen LogP contribution in [0.2, 0.25) is 0 Å². The molecule has 0 bridgehead atoms. The van der Waals surface area contributed by atoms with Crippen LogP contribution < -0.4 is 24.3 Å². The molecule has 0 saturated heterocycles. The molecular formula is C13H19NO4. The lowest BCUT2D eigenvalue weighted by Crippen LogP contribution is -2.23. The van der Waals surface area contributed by atoms with Crippen LogP contribution >= 0.6 is 0 Å². The van der Waals surface area contributed by atoms with Crippen LogP contribution in [0.4, 0.5) is 0 Å². The number of benzene rings is 1. The van der Waals surface area contributed by atoms with Gasteiger partial charge >= 0.3 is 0 Å². The Morgan fingerprint density at radius 1 is 1.28 bits per heavy atom. The molecule has 0 amide bonds. The second-order valence-corrected chi connectivity index (χ2v) is 4.23. The molecule has 100 valence electrons. The highest BCUT2D eigenvalue weighted by atomic mass is 16.7. The predicted molar refractivity (Wildman–Crippen MR) is 67.9 cm³/mol. The zero-order chi connectivity index (χ0) is 13.1. The minimum absolute atomic E-state index is 0.201. The number of fused-ring (bicyclic) bond motifs is 1. The van der Waals surface area contributed by atoms with Crippen molar-refractivity contribution in [2.75, 3.05) is 28.1 Å². The Kier molecular flexibility index (Phi) is 3.81. The fraction of sp³-hybridized carbons (Fsp3) is 0.538. The molecule has 18 heavy (non-hydrogen) atoms. The van der Waals surface area contributed by atoms with E-state index < -0.39 is 0 Å². The SMILES string of the molecule is CNC(C)Cc1cc(OC)c2c(c1OC)OCO2. The Bertz CT molecular complexity index is 433. The summed E-state index contributed by atoms with van der Waals surface area (Å²) in [6.45, 7) is 2.31. The zero-order valence-corrected chi connectivity index (χ0v) is 11.2. The molecule has 0 spiro atoms. The maximum absolute atomic E-state index is 5.47. The van der Waals surface area contributed by atoms with E-state index in [-0.39, 0.29) is 6.79 Å². The topological polar surface area (TPSA) is 49.0 Å². The van der Waals surface area contributed by atoms with Gasteiger partial charge in [-0.3, -0.25) is 0 Å². The molecule has 2 rings (SSSR count). The molecule has 1 atom stereocenters. The highest BCUT2D eigenvalue weighted by molar-refractivity contribution is 5.64. The lowest BCUT2D eigenvalue weighted by molar-refractivity contribution is 0.168. The molecule has 1 heterocycles. The molecule has 0 aliphatic carbocycles. The van der Waals surface area contributed by atoms with E-state index in [0.717, 1.165) is 17.7 Å². The van der Waals surface area contributed by atoms with Crippen molar-refractivity contribution in [1.29, 1.82) is 0 Å². The Hall–Kier alpha value is -1.62. The molecule has 1 aromatic carbocycles. The van der Waals surface area contributed by atoms with Crippen molar-refractivity contribution < 1.29 is 18.9 Å². The van der Waals surface area contributed by atoms with Gasteiger partial charge < -0.3 is 24.3 Å². The average Bonchev–Trinajstić information content (AvgIpc) is 2.86. The van der Waals surface area contributed by atoms with E-state index in [4.69, 9.17) is 18.9 Å². The minimum atomic E-state index is 0.201. The molecule has 5 heteroatoms. The van der Waals surface area contributed by atoms with Crippen molar-refractivity contribution in [1.82, 2.24) is 5.32 Å².